The van der Waals surface area contributed by atoms with Gasteiger partial charge in [0.15, 0.2) is 6.10 Å². The lowest BCUT2D eigenvalue weighted by Gasteiger charge is -2.43. The molecular formula is C32H34O8S. The van der Waals surface area contributed by atoms with E-state index in [1.165, 1.54) is 18.7 Å². The molecule has 0 saturated carbocycles. The number of ether oxygens (including phenoxy) is 4. The molecule has 5 atom stereocenters. The number of esters is 2. The molecule has 216 valence electrons. The average Bonchev–Trinajstić information content (AvgIpc) is 2.98. The summed E-state index contributed by atoms with van der Waals surface area (Å²) in [6, 6.07) is 25.7. The number of aryl methyl sites for hydroxylation is 1. The minimum atomic E-state index is -1.30. The Labute approximate surface area is 244 Å². The van der Waals surface area contributed by atoms with E-state index in [0.717, 1.165) is 16.0 Å². The van der Waals surface area contributed by atoms with Crippen LogP contribution >= 0.6 is 11.8 Å². The fourth-order valence-corrected chi connectivity index (χ4v) is 5.37. The minimum absolute atomic E-state index is 0.0565. The molecule has 0 aromatic heterocycles. The predicted octanol–water partition coefficient (Wildman–Crippen LogP) is 4.90. The lowest BCUT2D eigenvalue weighted by Crippen LogP contribution is -2.60. The second kappa shape index (κ2) is 14.9. The lowest BCUT2D eigenvalue weighted by atomic mass is 9.99. The Kier molecular flexibility index (Phi) is 11.1. The van der Waals surface area contributed by atoms with Crippen LogP contribution in [0.3, 0.4) is 0 Å². The summed E-state index contributed by atoms with van der Waals surface area (Å²) >= 11 is 1.29. The van der Waals surface area contributed by atoms with E-state index < -0.39 is 41.8 Å². The first-order chi connectivity index (χ1) is 19.8. The minimum Gasteiger partial charge on any atom is -0.463 e. The molecule has 1 aliphatic rings. The smallest absolute Gasteiger partial charge is 0.338 e. The third kappa shape index (κ3) is 8.99. The van der Waals surface area contributed by atoms with Gasteiger partial charge in [0.2, 0.25) is 0 Å². The van der Waals surface area contributed by atoms with Crippen molar-refractivity contribution < 1.29 is 38.4 Å². The van der Waals surface area contributed by atoms with Gasteiger partial charge in [-0.25, -0.2) is 4.79 Å². The topological polar surface area (TPSA) is 108 Å². The fourth-order valence-electron chi connectivity index (χ4n) is 4.26. The number of carbonyl (C=O) groups is 3. The van der Waals surface area contributed by atoms with Crippen molar-refractivity contribution in [2.45, 2.75) is 68.0 Å². The molecule has 41 heavy (non-hydrogen) atoms. The van der Waals surface area contributed by atoms with Crippen LogP contribution in [0.15, 0.2) is 89.8 Å². The first-order valence-corrected chi connectivity index (χ1v) is 14.3. The Balaban J connectivity index is 1.58. The van der Waals surface area contributed by atoms with Crippen LogP contribution in [-0.2, 0) is 35.1 Å². The lowest BCUT2D eigenvalue weighted by molar-refractivity contribution is -0.227. The molecule has 1 N–H and O–H groups in total. The third-order valence-corrected chi connectivity index (χ3v) is 7.67. The van der Waals surface area contributed by atoms with Gasteiger partial charge in [0.05, 0.1) is 18.6 Å². The van der Waals surface area contributed by atoms with Gasteiger partial charge in [-0.05, 0) is 43.7 Å². The summed E-state index contributed by atoms with van der Waals surface area (Å²) in [4.78, 5) is 37.5. The van der Waals surface area contributed by atoms with E-state index in [-0.39, 0.29) is 31.8 Å². The van der Waals surface area contributed by atoms with Crippen molar-refractivity contribution in [3.8, 4) is 0 Å². The summed E-state index contributed by atoms with van der Waals surface area (Å²) < 4.78 is 23.8. The summed E-state index contributed by atoms with van der Waals surface area (Å²) in [6.45, 7) is 3.32. The summed E-state index contributed by atoms with van der Waals surface area (Å²) in [5.74, 6) is -1.28. The van der Waals surface area contributed by atoms with Gasteiger partial charge in [0, 0.05) is 11.3 Å². The van der Waals surface area contributed by atoms with Crippen LogP contribution in [0.25, 0.3) is 0 Å². The van der Waals surface area contributed by atoms with E-state index in [0.29, 0.717) is 5.56 Å². The van der Waals surface area contributed by atoms with Gasteiger partial charge in [-0.15, -0.1) is 0 Å². The van der Waals surface area contributed by atoms with E-state index in [1.807, 2.05) is 61.5 Å². The molecule has 0 bridgehead atoms. The number of ketones is 1. The molecular weight excluding hydrogens is 544 g/mol. The zero-order chi connectivity index (χ0) is 29.2. The SMILES string of the molecule is CC(=O)CCC(=O)OC[C@H]1O[C@@H](Sc2ccc(C)cc2)[C@H](OC(=O)c2ccccc2)[C@@H](O)[C@@H]1OCc1ccccc1. The number of thioether (sulfide) groups is 1. The van der Waals surface area contributed by atoms with Crippen LogP contribution in [0.1, 0.15) is 41.3 Å². The van der Waals surface area contributed by atoms with E-state index in [1.54, 1.807) is 30.3 Å². The molecule has 1 fully saturated rings. The standard InChI is InChI=1S/C32H34O8S/c1-21-13-16-25(17-14-21)41-32-30(40-31(36)24-11-7-4-8-12-24)28(35)29(38-19-23-9-5-3-6-10-23)26(39-32)20-37-27(34)18-15-22(2)33/h3-14,16-17,26,28-30,32,35H,15,18-20H2,1-2H3/t26-,28+,29-,30-,32+/m1/s1. The summed E-state index contributed by atoms with van der Waals surface area (Å²) in [5, 5.41) is 11.6. The van der Waals surface area contributed by atoms with Gasteiger partial charge in [-0.1, -0.05) is 78.0 Å². The third-order valence-electron chi connectivity index (χ3n) is 6.52. The number of Topliss-reactive ketones (excluding diaryl/α,β-unsaturated/α-hetero) is 1. The number of rotatable bonds is 12. The van der Waals surface area contributed by atoms with Crippen LogP contribution in [0.5, 0.6) is 0 Å². The number of aliphatic hydroxyl groups is 1. The Morgan fingerprint density at radius 2 is 1.54 bits per heavy atom. The predicted molar refractivity (Wildman–Crippen MR) is 153 cm³/mol. The van der Waals surface area contributed by atoms with Crippen LogP contribution in [0.2, 0.25) is 0 Å². The molecule has 1 saturated heterocycles. The van der Waals surface area contributed by atoms with Crippen LogP contribution < -0.4 is 0 Å². The summed E-state index contributed by atoms with van der Waals surface area (Å²) in [6.07, 6.45) is -4.24. The van der Waals surface area contributed by atoms with Gasteiger partial charge in [0.25, 0.3) is 0 Å². The van der Waals surface area contributed by atoms with Crippen molar-refractivity contribution in [1.82, 2.24) is 0 Å². The zero-order valence-corrected chi connectivity index (χ0v) is 23.8. The summed E-state index contributed by atoms with van der Waals surface area (Å²) in [7, 11) is 0. The maximum Gasteiger partial charge on any atom is 0.338 e. The van der Waals surface area contributed by atoms with Crippen molar-refractivity contribution in [1.29, 1.82) is 0 Å². The molecule has 4 rings (SSSR count). The largest absolute Gasteiger partial charge is 0.463 e. The highest BCUT2D eigenvalue weighted by Gasteiger charge is 2.49. The molecule has 3 aromatic rings. The highest BCUT2D eigenvalue weighted by Crippen LogP contribution is 2.37. The van der Waals surface area contributed by atoms with E-state index in [9.17, 15) is 19.5 Å². The van der Waals surface area contributed by atoms with Crippen LogP contribution in [-0.4, -0.2) is 59.3 Å². The Morgan fingerprint density at radius 1 is 0.878 bits per heavy atom. The molecule has 3 aromatic carbocycles. The quantitative estimate of drug-likeness (QED) is 0.300. The number of hydrogen-bond acceptors (Lipinski definition) is 9. The van der Waals surface area contributed by atoms with Crippen LogP contribution in [0.4, 0.5) is 0 Å². The average molecular weight is 579 g/mol. The van der Waals surface area contributed by atoms with Crippen molar-refractivity contribution in [3.63, 3.8) is 0 Å². The van der Waals surface area contributed by atoms with Gasteiger partial charge in [-0.3, -0.25) is 4.79 Å². The molecule has 8 nitrogen and oxygen atoms in total. The maximum absolute atomic E-state index is 13.1. The van der Waals surface area contributed by atoms with Gasteiger partial charge in [0.1, 0.15) is 36.1 Å². The number of carbonyl (C=O) groups excluding carboxylic acids is 3. The molecule has 1 aliphatic heterocycles. The van der Waals surface area contributed by atoms with Gasteiger partial charge in [-0.2, -0.15) is 0 Å². The number of benzene rings is 3. The molecule has 0 radical (unpaired) electrons. The van der Waals surface area contributed by atoms with Gasteiger partial charge < -0.3 is 28.8 Å². The first kappa shape index (κ1) is 30.5. The Morgan fingerprint density at radius 3 is 2.20 bits per heavy atom. The Bertz CT molecular complexity index is 1280. The van der Waals surface area contributed by atoms with Crippen molar-refractivity contribution in [3.05, 3.63) is 102 Å². The van der Waals surface area contributed by atoms with E-state index in [2.05, 4.69) is 0 Å². The zero-order valence-electron chi connectivity index (χ0n) is 23.0. The number of aliphatic hydroxyl groups excluding tert-OH is 1. The van der Waals surface area contributed by atoms with Crippen molar-refractivity contribution in [2.75, 3.05) is 6.61 Å². The molecule has 0 spiro atoms. The van der Waals surface area contributed by atoms with E-state index >= 15 is 0 Å². The summed E-state index contributed by atoms with van der Waals surface area (Å²) in [5.41, 5.74) is 1.45. The highest BCUT2D eigenvalue weighted by molar-refractivity contribution is 7.99. The number of hydrogen-bond donors (Lipinski definition) is 1. The second-order valence-corrected chi connectivity index (χ2v) is 11.0. The molecule has 0 amide bonds. The molecule has 9 heteroatoms. The fraction of sp³-hybridized carbons (Fsp3) is 0.344. The first-order valence-electron chi connectivity index (χ1n) is 13.4. The normalized spacial score (nSPS) is 22.1. The molecule has 0 unspecified atom stereocenters. The molecule has 1 heterocycles. The monoisotopic (exact) mass is 578 g/mol. The maximum atomic E-state index is 13.1. The molecule has 0 aliphatic carbocycles. The van der Waals surface area contributed by atoms with Crippen molar-refractivity contribution >= 4 is 29.5 Å². The van der Waals surface area contributed by atoms with Crippen molar-refractivity contribution in [2.24, 2.45) is 0 Å². The highest BCUT2D eigenvalue weighted by atomic mass is 32.2. The van der Waals surface area contributed by atoms with Gasteiger partial charge >= 0.3 is 11.9 Å². The van der Waals surface area contributed by atoms with E-state index in [4.69, 9.17) is 18.9 Å². The van der Waals surface area contributed by atoms with Crippen LogP contribution in [0, 0.1) is 6.92 Å². The second-order valence-electron chi connectivity index (χ2n) is 9.85. The Hall–Kier alpha value is -3.50.